The summed E-state index contributed by atoms with van der Waals surface area (Å²) in [6.45, 7) is 2.36. The maximum absolute atomic E-state index is 12.4. The van der Waals surface area contributed by atoms with Gasteiger partial charge in [-0.1, -0.05) is 35.9 Å². The molecule has 0 atom stereocenters. The first kappa shape index (κ1) is 18.7. The average molecular weight is 384 g/mol. The van der Waals surface area contributed by atoms with E-state index in [4.69, 9.17) is 16.3 Å². The molecule has 1 N–H and O–H groups in total. The van der Waals surface area contributed by atoms with Gasteiger partial charge in [0.15, 0.2) is 0 Å². The molecule has 0 saturated heterocycles. The number of benzene rings is 2. The van der Waals surface area contributed by atoms with Crippen LogP contribution in [0.1, 0.15) is 16.1 Å². The second-order valence-electron chi connectivity index (χ2n) is 5.86. The smallest absolute Gasteiger partial charge is 0.276 e. The number of rotatable bonds is 6. The third-order valence-electron chi connectivity index (χ3n) is 3.84. The number of hydrogen-bond acceptors (Lipinski definition) is 4. The lowest BCUT2D eigenvalue weighted by atomic mass is 10.2. The number of anilines is 1. The van der Waals surface area contributed by atoms with Crippen molar-refractivity contribution in [1.29, 1.82) is 0 Å². The number of hydrogen-bond donors (Lipinski definition) is 1. The zero-order valence-corrected chi connectivity index (χ0v) is 15.4. The summed E-state index contributed by atoms with van der Waals surface area (Å²) in [5, 5.41) is 7.40. The third-order valence-corrected chi connectivity index (χ3v) is 4.25. The van der Waals surface area contributed by atoms with Crippen LogP contribution in [0.25, 0.3) is 0 Å². The van der Waals surface area contributed by atoms with Crippen LogP contribution < -0.4 is 15.6 Å². The van der Waals surface area contributed by atoms with E-state index in [2.05, 4.69) is 10.4 Å². The Labute approximate surface area is 161 Å². The van der Waals surface area contributed by atoms with Crippen LogP contribution in [-0.4, -0.2) is 22.3 Å². The summed E-state index contributed by atoms with van der Waals surface area (Å²) in [5.74, 6) is 0.281. The van der Waals surface area contributed by atoms with Gasteiger partial charge in [0, 0.05) is 16.8 Å². The fourth-order valence-electron chi connectivity index (χ4n) is 2.36. The Hall–Kier alpha value is -3.12. The highest BCUT2D eigenvalue weighted by Crippen LogP contribution is 2.20. The maximum atomic E-state index is 12.4. The lowest BCUT2D eigenvalue weighted by molar-refractivity contribution is 0.101. The van der Waals surface area contributed by atoms with E-state index >= 15 is 0 Å². The Bertz CT molecular complexity index is 1000. The molecule has 0 aliphatic heterocycles. The van der Waals surface area contributed by atoms with Crippen molar-refractivity contribution in [1.82, 2.24) is 9.78 Å². The van der Waals surface area contributed by atoms with Gasteiger partial charge in [-0.25, -0.2) is 4.68 Å². The summed E-state index contributed by atoms with van der Waals surface area (Å²) in [6, 6.07) is 17.2. The van der Waals surface area contributed by atoms with Gasteiger partial charge in [0.05, 0.1) is 6.54 Å². The molecule has 1 amide bonds. The van der Waals surface area contributed by atoms with Crippen molar-refractivity contribution >= 4 is 23.2 Å². The highest BCUT2D eigenvalue weighted by molar-refractivity contribution is 6.31. The van der Waals surface area contributed by atoms with Gasteiger partial charge in [0.25, 0.3) is 11.5 Å². The lowest BCUT2D eigenvalue weighted by Crippen LogP contribution is -2.28. The van der Waals surface area contributed by atoms with Gasteiger partial charge < -0.3 is 10.1 Å². The Morgan fingerprint density at radius 3 is 2.67 bits per heavy atom. The molecular weight excluding hydrogens is 366 g/mol. The van der Waals surface area contributed by atoms with Gasteiger partial charge in [0.1, 0.15) is 18.1 Å². The Balaban J connectivity index is 1.67. The first-order valence-electron chi connectivity index (χ1n) is 8.36. The molecule has 0 saturated carbocycles. The topological polar surface area (TPSA) is 73.2 Å². The fraction of sp³-hybridized carbons (Fsp3) is 0.150. The predicted molar refractivity (Wildman–Crippen MR) is 105 cm³/mol. The fourth-order valence-corrected chi connectivity index (χ4v) is 2.54. The summed E-state index contributed by atoms with van der Waals surface area (Å²) >= 11 is 6.07. The molecule has 2 aromatic carbocycles. The van der Waals surface area contributed by atoms with Crippen LogP contribution in [0.4, 0.5) is 5.69 Å². The number of nitrogens with one attached hydrogen (secondary N) is 1. The van der Waals surface area contributed by atoms with Crippen LogP contribution in [0.5, 0.6) is 5.75 Å². The van der Waals surface area contributed by atoms with Crippen LogP contribution in [0.3, 0.4) is 0 Å². The standard InChI is InChI=1S/C20H18ClN3O3/c1-14-7-8-15(13-17(14)21)22-20(26)18-9-10-19(25)24(23-18)11-12-27-16-5-3-2-4-6-16/h2-10,13H,11-12H2,1H3,(H,22,26). The van der Waals surface area contributed by atoms with Crippen molar-refractivity contribution in [2.24, 2.45) is 0 Å². The second kappa shape index (κ2) is 8.51. The van der Waals surface area contributed by atoms with Crippen molar-refractivity contribution in [3.05, 3.63) is 87.3 Å². The minimum absolute atomic E-state index is 0.131. The number of amides is 1. The van der Waals surface area contributed by atoms with E-state index < -0.39 is 5.91 Å². The lowest BCUT2D eigenvalue weighted by Gasteiger charge is -2.10. The Morgan fingerprint density at radius 2 is 1.93 bits per heavy atom. The normalized spacial score (nSPS) is 10.4. The summed E-state index contributed by atoms with van der Waals surface area (Å²) in [5.41, 5.74) is 1.30. The molecular formula is C20H18ClN3O3. The molecule has 1 aromatic heterocycles. The van der Waals surface area contributed by atoms with Crippen LogP contribution in [0.15, 0.2) is 65.5 Å². The zero-order chi connectivity index (χ0) is 19.2. The number of carbonyl (C=O) groups excluding carboxylic acids is 1. The Kier molecular flexibility index (Phi) is 5.88. The highest BCUT2D eigenvalue weighted by atomic mass is 35.5. The van der Waals surface area contributed by atoms with E-state index in [0.717, 1.165) is 5.56 Å². The number of halogens is 1. The van der Waals surface area contributed by atoms with Crippen LogP contribution in [-0.2, 0) is 6.54 Å². The molecule has 0 fully saturated rings. The second-order valence-corrected chi connectivity index (χ2v) is 6.27. The van der Waals surface area contributed by atoms with E-state index in [-0.39, 0.29) is 24.4 Å². The van der Waals surface area contributed by atoms with E-state index in [0.29, 0.717) is 16.5 Å². The molecule has 3 rings (SSSR count). The molecule has 0 aliphatic rings. The van der Waals surface area contributed by atoms with Gasteiger partial charge in [-0.3, -0.25) is 9.59 Å². The van der Waals surface area contributed by atoms with E-state index in [1.807, 2.05) is 43.3 Å². The van der Waals surface area contributed by atoms with E-state index in [1.54, 1.807) is 12.1 Å². The zero-order valence-electron chi connectivity index (χ0n) is 14.7. The van der Waals surface area contributed by atoms with E-state index in [9.17, 15) is 9.59 Å². The number of aromatic nitrogens is 2. The van der Waals surface area contributed by atoms with E-state index in [1.165, 1.54) is 16.8 Å². The summed E-state index contributed by atoms with van der Waals surface area (Å²) < 4.78 is 6.78. The van der Waals surface area contributed by atoms with Crippen molar-refractivity contribution in [3.8, 4) is 5.75 Å². The molecule has 7 heteroatoms. The molecule has 0 spiro atoms. The monoisotopic (exact) mass is 383 g/mol. The predicted octanol–water partition coefficient (Wildman–Crippen LogP) is 3.54. The number of aryl methyl sites for hydroxylation is 1. The highest BCUT2D eigenvalue weighted by Gasteiger charge is 2.11. The summed E-state index contributed by atoms with van der Waals surface area (Å²) in [4.78, 5) is 24.4. The minimum Gasteiger partial charge on any atom is -0.492 e. The van der Waals surface area contributed by atoms with Crippen molar-refractivity contribution in [2.75, 3.05) is 11.9 Å². The maximum Gasteiger partial charge on any atom is 0.276 e. The minimum atomic E-state index is -0.423. The number of ether oxygens (including phenoxy) is 1. The SMILES string of the molecule is Cc1ccc(NC(=O)c2ccc(=O)n(CCOc3ccccc3)n2)cc1Cl. The Morgan fingerprint density at radius 1 is 1.15 bits per heavy atom. The first-order chi connectivity index (χ1) is 13.0. The van der Waals surface area contributed by atoms with Gasteiger partial charge in [0.2, 0.25) is 0 Å². The quantitative estimate of drug-likeness (QED) is 0.706. The molecule has 0 aliphatic carbocycles. The largest absolute Gasteiger partial charge is 0.492 e. The number of para-hydroxylation sites is 1. The molecule has 0 bridgehead atoms. The van der Waals surface area contributed by atoms with Crippen molar-refractivity contribution < 1.29 is 9.53 Å². The first-order valence-corrected chi connectivity index (χ1v) is 8.74. The average Bonchev–Trinajstić information content (AvgIpc) is 2.67. The molecule has 0 unspecified atom stereocenters. The van der Waals surface area contributed by atoms with Gasteiger partial charge >= 0.3 is 0 Å². The molecule has 6 nitrogen and oxygen atoms in total. The number of carbonyl (C=O) groups is 1. The summed E-state index contributed by atoms with van der Waals surface area (Å²) in [6.07, 6.45) is 0. The third kappa shape index (κ3) is 4.95. The number of nitrogens with zero attached hydrogens (tertiary/aromatic N) is 2. The van der Waals surface area contributed by atoms with Crippen LogP contribution in [0.2, 0.25) is 5.02 Å². The molecule has 27 heavy (non-hydrogen) atoms. The van der Waals surface area contributed by atoms with Crippen molar-refractivity contribution in [2.45, 2.75) is 13.5 Å². The molecule has 138 valence electrons. The summed E-state index contributed by atoms with van der Waals surface area (Å²) in [7, 11) is 0. The molecule has 1 heterocycles. The molecule has 0 radical (unpaired) electrons. The van der Waals surface area contributed by atoms with Crippen molar-refractivity contribution in [3.63, 3.8) is 0 Å². The van der Waals surface area contributed by atoms with Crippen LogP contribution in [0, 0.1) is 6.92 Å². The van der Waals surface area contributed by atoms with Gasteiger partial charge in [-0.2, -0.15) is 5.10 Å². The van der Waals surface area contributed by atoms with Gasteiger partial charge in [-0.05, 0) is 42.8 Å². The van der Waals surface area contributed by atoms with Gasteiger partial charge in [-0.15, -0.1) is 0 Å². The molecule has 3 aromatic rings. The van der Waals surface area contributed by atoms with Crippen LogP contribution >= 0.6 is 11.6 Å².